The summed E-state index contributed by atoms with van der Waals surface area (Å²) in [5.41, 5.74) is 8.65. The van der Waals surface area contributed by atoms with E-state index in [-0.39, 0.29) is 19.2 Å². The smallest absolute Gasteiger partial charge is 0.403 e. The summed E-state index contributed by atoms with van der Waals surface area (Å²) >= 11 is 0. The quantitative estimate of drug-likeness (QED) is 0.191. The van der Waals surface area contributed by atoms with Gasteiger partial charge in [0.2, 0.25) is 0 Å². The Morgan fingerprint density at radius 3 is 2.04 bits per heavy atom. The molecule has 5 aromatic carbocycles. The summed E-state index contributed by atoms with van der Waals surface area (Å²) < 4.78 is 9.18. The van der Waals surface area contributed by atoms with Crippen molar-refractivity contribution in [1.29, 1.82) is 0 Å². The van der Waals surface area contributed by atoms with Crippen LogP contribution in [-0.2, 0) is 5.41 Å². The monoisotopic (exact) mass is 593 g/mol. The van der Waals surface area contributed by atoms with Crippen LogP contribution >= 0.6 is 0 Å². The molecule has 3 heterocycles. The van der Waals surface area contributed by atoms with Crippen LogP contribution in [0.15, 0.2) is 164 Å². The maximum Gasteiger partial charge on any atom is 0.403 e. The van der Waals surface area contributed by atoms with Gasteiger partial charge in [-0.25, -0.2) is 0 Å². The molecule has 0 atom stereocenters. The highest BCUT2D eigenvalue weighted by Gasteiger charge is 2.42. The molecule has 2 aliphatic rings. The molecule has 6 heteroatoms. The topological polar surface area (TPSA) is 28.6 Å². The summed E-state index contributed by atoms with van der Waals surface area (Å²) in [5.74, 6) is 4.07. The zero-order chi connectivity index (χ0) is 31.1. The Morgan fingerprint density at radius 2 is 1.28 bits per heavy atom. The molecule has 0 amide bonds. The van der Waals surface area contributed by atoms with Crippen molar-refractivity contribution < 1.29 is 4.74 Å². The second kappa shape index (κ2) is 11.5. The number of hydrogen-bond donors (Lipinski definition) is 0. The zero-order valence-corrected chi connectivity index (χ0v) is 26.0. The number of rotatable bonds is 5. The molecule has 0 bridgehead atoms. The van der Waals surface area contributed by atoms with Crippen LogP contribution in [0.5, 0.6) is 11.5 Å². The third-order valence-electron chi connectivity index (χ3n) is 9.33. The molecule has 0 aliphatic carbocycles. The number of pyridine rings is 1. The molecule has 0 fully saturated rings. The fourth-order valence-corrected chi connectivity index (χ4v) is 7.03. The number of hydrogen-bond acceptors (Lipinski definition) is 4. The molecule has 46 heavy (non-hydrogen) atoms. The van der Waals surface area contributed by atoms with Crippen LogP contribution in [0, 0.1) is 0 Å². The van der Waals surface area contributed by atoms with Gasteiger partial charge in [0.05, 0.1) is 5.69 Å². The van der Waals surface area contributed by atoms with E-state index in [1.54, 1.807) is 0 Å². The highest BCUT2D eigenvalue weighted by Crippen LogP contribution is 2.51. The van der Waals surface area contributed by atoms with Crippen LogP contribution in [0.3, 0.4) is 0 Å². The Labute approximate surface area is 271 Å². The molecule has 8 rings (SSSR count). The van der Waals surface area contributed by atoms with Crippen molar-refractivity contribution in [3.8, 4) is 22.8 Å². The SMILES string of the molecule is CC1(C)c2ccccc2Oc2c(-c3cc(N4B(c5ccccc5)C=CN(c5ccccc5)B4c4ccccc4)ccn3)cccc21. The van der Waals surface area contributed by atoms with Crippen LogP contribution in [0.2, 0.25) is 0 Å². The van der Waals surface area contributed by atoms with E-state index in [0.29, 0.717) is 0 Å². The molecule has 2 aliphatic heterocycles. The van der Waals surface area contributed by atoms with Crippen molar-refractivity contribution in [2.45, 2.75) is 19.3 Å². The molecule has 0 N–H and O–H groups in total. The first-order valence-corrected chi connectivity index (χ1v) is 15.9. The lowest BCUT2D eigenvalue weighted by Crippen LogP contribution is -2.68. The van der Waals surface area contributed by atoms with E-state index in [0.717, 1.165) is 39.7 Å². The highest BCUT2D eigenvalue weighted by molar-refractivity contribution is 6.99. The van der Waals surface area contributed by atoms with Gasteiger partial charge in [0.1, 0.15) is 11.5 Å². The Balaban J connectivity index is 1.30. The predicted molar refractivity (Wildman–Crippen MR) is 193 cm³/mol. The molecule has 0 saturated carbocycles. The van der Waals surface area contributed by atoms with Gasteiger partial charge in [0, 0.05) is 39.7 Å². The molecule has 1 aromatic heterocycles. The normalized spacial score (nSPS) is 14.8. The third kappa shape index (κ3) is 4.78. The van der Waals surface area contributed by atoms with Gasteiger partial charge in [-0.1, -0.05) is 134 Å². The maximum atomic E-state index is 6.67. The average molecular weight is 593 g/mol. The van der Waals surface area contributed by atoms with Crippen molar-refractivity contribution in [3.63, 3.8) is 0 Å². The number of para-hydroxylation sites is 3. The molecule has 4 nitrogen and oxygen atoms in total. The van der Waals surface area contributed by atoms with E-state index < -0.39 is 0 Å². The Morgan fingerprint density at radius 1 is 0.630 bits per heavy atom. The number of aromatic nitrogens is 1. The standard InChI is InChI=1S/C40H33B2N3O/c1-40(2)35-22-12-13-24-38(35)46-39-34(21-14-23-36(39)40)37-29-33(25-27-43-37)45-41(30-15-6-3-7-16-30)26-28-44(32-19-10-5-11-20-32)42(45)31-17-8-4-9-18-31/h3-29H,1-2H3. The molecular weight excluding hydrogens is 560 g/mol. The minimum Gasteiger partial charge on any atom is -0.456 e. The van der Waals surface area contributed by atoms with Crippen LogP contribution < -0.4 is 25.2 Å². The number of benzene rings is 5. The fourth-order valence-electron chi connectivity index (χ4n) is 7.03. The molecule has 0 unspecified atom stereocenters. The average Bonchev–Trinajstić information content (AvgIpc) is 3.12. The summed E-state index contributed by atoms with van der Waals surface area (Å²) in [6.07, 6.45) is 4.17. The summed E-state index contributed by atoms with van der Waals surface area (Å²) in [7, 11) is 0. The van der Waals surface area contributed by atoms with E-state index in [4.69, 9.17) is 9.72 Å². The van der Waals surface area contributed by atoms with Gasteiger partial charge < -0.3 is 14.3 Å². The summed E-state index contributed by atoms with van der Waals surface area (Å²) in [4.78, 5) is 7.31. The molecule has 220 valence electrons. The first kappa shape index (κ1) is 28.0. The van der Waals surface area contributed by atoms with E-state index in [1.165, 1.54) is 16.5 Å². The van der Waals surface area contributed by atoms with Crippen LogP contribution in [0.4, 0.5) is 11.4 Å². The molecular formula is C40H33B2N3O. The van der Waals surface area contributed by atoms with Gasteiger partial charge in [-0.15, -0.1) is 0 Å². The Kier molecular flexibility index (Phi) is 6.98. The molecule has 0 spiro atoms. The van der Waals surface area contributed by atoms with Crippen LogP contribution in [0.1, 0.15) is 25.0 Å². The summed E-state index contributed by atoms with van der Waals surface area (Å²) in [5, 5.41) is 0. The first-order valence-electron chi connectivity index (χ1n) is 15.9. The van der Waals surface area contributed by atoms with Gasteiger partial charge >= 0.3 is 13.8 Å². The third-order valence-corrected chi connectivity index (χ3v) is 9.33. The maximum absolute atomic E-state index is 6.67. The van der Waals surface area contributed by atoms with Gasteiger partial charge in [0.15, 0.2) is 0 Å². The lowest BCUT2D eigenvalue weighted by molar-refractivity contribution is 0.419. The van der Waals surface area contributed by atoms with Crippen molar-refractivity contribution >= 4 is 36.1 Å². The van der Waals surface area contributed by atoms with Gasteiger partial charge in [-0.3, -0.25) is 4.98 Å². The second-order valence-corrected chi connectivity index (χ2v) is 12.4. The lowest BCUT2D eigenvalue weighted by atomic mass is 9.43. The summed E-state index contributed by atoms with van der Waals surface area (Å²) in [6.45, 7) is 4.43. The Bertz CT molecular complexity index is 2030. The number of nitrogens with zero attached hydrogens (tertiary/aromatic N) is 3. The lowest BCUT2D eigenvalue weighted by Gasteiger charge is -2.44. The molecule has 0 radical (unpaired) electrons. The number of anilines is 2. The van der Waals surface area contributed by atoms with Gasteiger partial charge in [-0.05, 0) is 48.1 Å². The largest absolute Gasteiger partial charge is 0.456 e. The van der Waals surface area contributed by atoms with E-state index in [2.05, 4.69) is 175 Å². The van der Waals surface area contributed by atoms with Crippen molar-refractivity contribution in [2.75, 3.05) is 9.53 Å². The van der Waals surface area contributed by atoms with Crippen molar-refractivity contribution in [3.05, 3.63) is 175 Å². The van der Waals surface area contributed by atoms with Crippen LogP contribution in [0.25, 0.3) is 11.3 Å². The van der Waals surface area contributed by atoms with Gasteiger partial charge in [-0.2, -0.15) is 0 Å². The number of fused-ring (bicyclic) bond motifs is 2. The van der Waals surface area contributed by atoms with Crippen molar-refractivity contribution in [2.24, 2.45) is 0 Å². The minimum absolute atomic E-state index is 0.00614. The van der Waals surface area contributed by atoms with Crippen molar-refractivity contribution in [1.82, 2.24) is 4.98 Å². The van der Waals surface area contributed by atoms with Gasteiger partial charge in [0.25, 0.3) is 0 Å². The summed E-state index contributed by atoms with van der Waals surface area (Å²) in [6, 6.07) is 51.3. The first-order chi connectivity index (χ1) is 22.6. The second-order valence-electron chi connectivity index (χ2n) is 12.4. The van der Waals surface area contributed by atoms with E-state index in [9.17, 15) is 0 Å². The molecule has 0 saturated heterocycles. The predicted octanol–water partition coefficient (Wildman–Crippen LogP) is 7.85. The zero-order valence-electron chi connectivity index (χ0n) is 26.0. The molecule has 6 aromatic rings. The fraction of sp³-hybridized carbons (Fsp3) is 0.0750. The van der Waals surface area contributed by atoms with Crippen LogP contribution in [-0.4, -0.2) is 18.8 Å². The highest BCUT2D eigenvalue weighted by atomic mass is 16.5. The number of ether oxygens (including phenoxy) is 1. The Hall–Kier alpha value is -5.48. The minimum atomic E-state index is -0.206. The van der Waals surface area contributed by atoms with E-state index >= 15 is 0 Å². The van der Waals surface area contributed by atoms with E-state index in [1.807, 2.05) is 12.3 Å².